The SMILES string of the molecule is CN1CCC(Oc2ccc(NC(=O)CCC(=O)c3ccccc3)cn2)CC1. The molecule has 2 heterocycles. The lowest BCUT2D eigenvalue weighted by atomic mass is 10.1. The first kappa shape index (κ1) is 19.0. The molecule has 1 aliphatic heterocycles. The number of nitrogens with zero attached hydrogens (tertiary/aromatic N) is 2. The van der Waals surface area contributed by atoms with Crippen molar-refractivity contribution in [2.24, 2.45) is 0 Å². The molecule has 6 nitrogen and oxygen atoms in total. The summed E-state index contributed by atoms with van der Waals surface area (Å²) in [6.07, 6.45) is 4.08. The monoisotopic (exact) mass is 367 g/mol. The highest BCUT2D eigenvalue weighted by Gasteiger charge is 2.18. The summed E-state index contributed by atoms with van der Waals surface area (Å²) in [6.45, 7) is 2.06. The Hall–Kier alpha value is -2.73. The third kappa shape index (κ3) is 5.89. The number of Topliss-reactive ketones (excluding diaryl/α,β-unsaturated/α-hetero) is 1. The van der Waals surface area contributed by atoms with Crippen LogP contribution >= 0.6 is 0 Å². The number of piperidine rings is 1. The fourth-order valence-electron chi connectivity index (χ4n) is 3.02. The lowest BCUT2D eigenvalue weighted by molar-refractivity contribution is -0.116. The Morgan fingerprint density at radius 3 is 2.52 bits per heavy atom. The van der Waals surface area contributed by atoms with Gasteiger partial charge in [0.25, 0.3) is 0 Å². The summed E-state index contributed by atoms with van der Waals surface area (Å²) >= 11 is 0. The molecule has 27 heavy (non-hydrogen) atoms. The molecular formula is C21H25N3O3. The highest BCUT2D eigenvalue weighted by atomic mass is 16.5. The quantitative estimate of drug-likeness (QED) is 0.761. The van der Waals surface area contributed by atoms with E-state index in [2.05, 4.69) is 22.2 Å². The number of likely N-dealkylation sites (tertiary alicyclic amines) is 1. The zero-order valence-electron chi connectivity index (χ0n) is 15.6. The van der Waals surface area contributed by atoms with Crippen LogP contribution in [0.2, 0.25) is 0 Å². The van der Waals surface area contributed by atoms with Crippen molar-refractivity contribution < 1.29 is 14.3 Å². The van der Waals surface area contributed by atoms with Gasteiger partial charge in [0, 0.05) is 37.6 Å². The Morgan fingerprint density at radius 2 is 1.85 bits per heavy atom. The first-order chi connectivity index (χ1) is 13.1. The fraction of sp³-hybridized carbons (Fsp3) is 0.381. The molecule has 142 valence electrons. The van der Waals surface area contributed by atoms with Crippen molar-refractivity contribution in [3.63, 3.8) is 0 Å². The molecule has 3 rings (SSSR count). The van der Waals surface area contributed by atoms with Crippen LogP contribution in [0.25, 0.3) is 0 Å². The average molecular weight is 367 g/mol. The number of hydrogen-bond acceptors (Lipinski definition) is 5. The van der Waals surface area contributed by atoms with Crippen molar-refractivity contribution in [3.05, 3.63) is 54.2 Å². The zero-order chi connectivity index (χ0) is 19.1. The molecule has 1 N–H and O–H groups in total. The van der Waals surface area contributed by atoms with E-state index in [0.717, 1.165) is 25.9 Å². The highest BCUT2D eigenvalue weighted by Crippen LogP contribution is 2.18. The number of rotatable bonds is 7. The Bertz CT molecular complexity index is 754. The minimum absolute atomic E-state index is 0.0363. The minimum atomic E-state index is -0.204. The molecule has 0 radical (unpaired) electrons. The van der Waals surface area contributed by atoms with Gasteiger partial charge in [-0.05, 0) is 26.0 Å². The van der Waals surface area contributed by atoms with Gasteiger partial charge in [-0.25, -0.2) is 4.98 Å². The van der Waals surface area contributed by atoms with Crippen LogP contribution in [0, 0.1) is 0 Å². The van der Waals surface area contributed by atoms with E-state index in [1.54, 1.807) is 30.5 Å². The van der Waals surface area contributed by atoms with Gasteiger partial charge in [-0.3, -0.25) is 9.59 Å². The number of anilines is 1. The summed E-state index contributed by atoms with van der Waals surface area (Å²) in [4.78, 5) is 30.7. The molecule has 0 spiro atoms. The Balaban J connectivity index is 1.43. The summed E-state index contributed by atoms with van der Waals surface area (Å²) in [5.74, 6) is 0.331. The molecule has 2 aromatic rings. The number of amides is 1. The molecule has 0 bridgehead atoms. The van der Waals surface area contributed by atoms with Crippen LogP contribution < -0.4 is 10.1 Å². The number of carbonyl (C=O) groups excluding carboxylic acids is 2. The van der Waals surface area contributed by atoms with Crippen molar-refractivity contribution in [2.75, 3.05) is 25.5 Å². The van der Waals surface area contributed by atoms with Crippen LogP contribution in [0.15, 0.2) is 48.7 Å². The van der Waals surface area contributed by atoms with Crippen LogP contribution in [0.3, 0.4) is 0 Å². The predicted octanol–water partition coefficient (Wildman–Crippen LogP) is 3.16. The van der Waals surface area contributed by atoms with Gasteiger partial charge in [-0.1, -0.05) is 30.3 Å². The van der Waals surface area contributed by atoms with Crippen LogP contribution in [0.4, 0.5) is 5.69 Å². The van der Waals surface area contributed by atoms with Crippen molar-refractivity contribution in [2.45, 2.75) is 31.8 Å². The van der Waals surface area contributed by atoms with E-state index in [1.165, 1.54) is 0 Å². The van der Waals surface area contributed by atoms with Gasteiger partial charge in [0.2, 0.25) is 11.8 Å². The molecule has 1 saturated heterocycles. The summed E-state index contributed by atoms with van der Waals surface area (Å²) < 4.78 is 5.90. The Morgan fingerprint density at radius 1 is 1.11 bits per heavy atom. The maximum atomic E-state index is 12.1. The third-order valence-electron chi connectivity index (χ3n) is 4.65. The second-order valence-corrected chi connectivity index (χ2v) is 6.84. The lowest BCUT2D eigenvalue weighted by Gasteiger charge is -2.28. The molecule has 1 aromatic carbocycles. The van der Waals surface area contributed by atoms with Crippen molar-refractivity contribution in [3.8, 4) is 5.88 Å². The molecule has 1 amide bonds. The number of ketones is 1. The van der Waals surface area contributed by atoms with E-state index in [9.17, 15) is 9.59 Å². The highest BCUT2D eigenvalue weighted by molar-refractivity contribution is 5.99. The van der Waals surface area contributed by atoms with Gasteiger partial charge in [0.1, 0.15) is 6.10 Å². The number of nitrogens with one attached hydrogen (secondary N) is 1. The summed E-state index contributed by atoms with van der Waals surface area (Å²) in [5, 5.41) is 2.77. The molecule has 1 aliphatic rings. The summed E-state index contributed by atoms with van der Waals surface area (Å²) in [6, 6.07) is 12.5. The third-order valence-corrected chi connectivity index (χ3v) is 4.65. The Kier molecular flexibility index (Phi) is 6.54. The van der Waals surface area contributed by atoms with Gasteiger partial charge in [-0.15, -0.1) is 0 Å². The maximum absolute atomic E-state index is 12.1. The lowest BCUT2D eigenvalue weighted by Crippen LogP contribution is -2.35. The average Bonchev–Trinajstić information content (AvgIpc) is 2.70. The van der Waals surface area contributed by atoms with Gasteiger partial charge in [0.15, 0.2) is 5.78 Å². The summed E-state index contributed by atoms with van der Waals surface area (Å²) in [7, 11) is 2.11. The summed E-state index contributed by atoms with van der Waals surface area (Å²) in [5.41, 5.74) is 1.23. The molecule has 1 aromatic heterocycles. The van der Waals surface area contributed by atoms with Gasteiger partial charge < -0.3 is 15.0 Å². The number of pyridine rings is 1. The first-order valence-electron chi connectivity index (χ1n) is 9.29. The van der Waals surface area contributed by atoms with Crippen LogP contribution in [-0.2, 0) is 4.79 Å². The standard InChI is InChI=1S/C21H25N3O3/c1-24-13-11-18(12-14-24)27-21-10-7-17(15-22-21)23-20(26)9-8-19(25)16-5-3-2-4-6-16/h2-7,10,15,18H,8-9,11-14H2,1H3,(H,23,26). The molecule has 0 atom stereocenters. The number of ether oxygens (including phenoxy) is 1. The van der Waals surface area contributed by atoms with Gasteiger partial charge in [-0.2, -0.15) is 0 Å². The predicted molar refractivity (Wildman–Crippen MR) is 104 cm³/mol. The van der Waals surface area contributed by atoms with Crippen LogP contribution in [0.1, 0.15) is 36.0 Å². The molecule has 1 fully saturated rings. The van der Waals surface area contributed by atoms with Crippen molar-refractivity contribution in [1.82, 2.24) is 9.88 Å². The van der Waals surface area contributed by atoms with Crippen molar-refractivity contribution in [1.29, 1.82) is 0 Å². The zero-order valence-corrected chi connectivity index (χ0v) is 15.6. The second-order valence-electron chi connectivity index (χ2n) is 6.84. The smallest absolute Gasteiger partial charge is 0.224 e. The van der Waals surface area contributed by atoms with Gasteiger partial charge >= 0.3 is 0 Å². The number of hydrogen-bond donors (Lipinski definition) is 1. The number of aromatic nitrogens is 1. The van der Waals surface area contributed by atoms with E-state index in [0.29, 0.717) is 17.1 Å². The maximum Gasteiger partial charge on any atom is 0.224 e. The van der Waals surface area contributed by atoms with Crippen molar-refractivity contribution >= 4 is 17.4 Å². The van der Waals surface area contributed by atoms with E-state index >= 15 is 0 Å². The minimum Gasteiger partial charge on any atom is -0.474 e. The molecule has 0 unspecified atom stereocenters. The van der Waals surface area contributed by atoms with E-state index in [-0.39, 0.29) is 30.6 Å². The molecule has 6 heteroatoms. The number of benzene rings is 1. The molecular weight excluding hydrogens is 342 g/mol. The van der Waals surface area contributed by atoms with Crippen LogP contribution in [-0.4, -0.2) is 47.8 Å². The first-order valence-corrected chi connectivity index (χ1v) is 9.29. The normalized spacial score (nSPS) is 15.3. The second kappa shape index (κ2) is 9.28. The van der Waals surface area contributed by atoms with E-state index < -0.39 is 0 Å². The molecule has 0 aliphatic carbocycles. The van der Waals surface area contributed by atoms with Crippen LogP contribution in [0.5, 0.6) is 5.88 Å². The van der Waals surface area contributed by atoms with E-state index in [4.69, 9.17) is 4.74 Å². The van der Waals surface area contributed by atoms with E-state index in [1.807, 2.05) is 18.2 Å². The topological polar surface area (TPSA) is 71.5 Å². The molecule has 0 saturated carbocycles. The fourth-order valence-corrected chi connectivity index (χ4v) is 3.02. The van der Waals surface area contributed by atoms with Gasteiger partial charge in [0.05, 0.1) is 11.9 Å². The Labute approximate surface area is 159 Å². The largest absolute Gasteiger partial charge is 0.474 e. The number of carbonyl (C=O) groups is 2.